The van der Waals surface area contributed by atoms with Crippen LogP contribution in [0.2, 0.25) is 0 Å². The fraction of sp³-hybridized carbons (Fsp3) is 0.500. The van der Waals surface area contributed by atoms with Crippen molar-refractivity contribution >= 4 is 11.8 Å². The molecule has 6 heteroatoms. The summed E-state index contributed by atoms with van der Waals surface area (Å²) < 4.78 is 0. The summed E-state index contributed by atoms with van der Waals surface area (Å²) in [5.74, 6) is 1.08. The van der Waals surface area contributed by atoms with Crippen LogP contribution in [0.3, 0.4) is 0 Å². The second kappa shape index (κ2) is 9.83. The molecule has 1 aromatic heterocycles. The fourth-order valence-electron chi connectivity index (χ4n) is 4.18. The van der Waals surface area contributed by atoms with Crippen LogP contribution in [-0.4, -0.2) is 57.8 Å². The van der Waals surface area contributed by atoms with Crippen molar-refractivity contribution in [3.8, 4) is 0 Å². The maximum atomic E-state index is 12.8. The number of benzene rings is 1. The van der Waals surface area contributed by atoms with Crippen LogP contribution in [0.5, 0.6) is 0 Å². The number of carbonyl (C=O) groups is 2. The zero-order valence-electron chi connectivity index (χ0n) is 18.5. The first-order valence-corrected chi connectivity index (χ1v) is 10.9. The summed E-state index contributed by atoms with van der Waals surface area (Å²) in [5, 5.41) is 0. The third-order valence-corrected chi connectivity index (χ3v) is 5.98. The maximum absolute atomic E-state index is 12.8. The van der Waals surface area contributed by atoms with Crippen molar-refractivity contribution in [1.82, 2.24) is 19.8 Å². The molecule has 1 aromatic carbocycles. The largest absolute Gasteiger partial charge is 0.343 e. The summed E-state index contributed by atoms with van der Waals surface area (Å²) in [7, 11) is 0. The molecule has 0 bridgehead atoms. The SMILES string of the molecule is CCN(CC)C(=O)Cc1c(C)nc([C@H]2CCCN(C(=O)c3ccccc3)C2)nc1C. The van der Waals surface area contributed by atoms with Gasteiger partial charge in [-0.05, 0) is 52.7 Å². The highest BCUT2D eigenvalue weighted by molar-refractivity contribution is 5.94. The van der Waals surface area contributed by atoms with Gasteiger partial charge in [0.05, 0.1) is 6.42 Å². The minimum Gasteiger partial charge on any atom is -0.343 e. The van der Waals surface area contributed by atoms with Crippen LogP contribution < -0.4 is 0 Å². The first kappa shape index (κ1) is 21.9. The van der Waals surface area contributed by atoms with Crippen molar-refractivity contribution in [2.45, 2.75) is 52.9 Å². The Hall–Kier alpha value is -2.76. The molecular formula is C24H32N4O2. The second-order valence-corrected chi connectivity index (χ2v) is 7.93. The van der Waals surface area contributed by atoms with Crippen molar-refractivity contribution in [3.05, 3.63) is 58.7 Å². The first-order valence-electron chi connectivity index (χ1n) is 10.9. The summed E-state index contributed by atoms with van der Waals surface area (Å²) in [4.78, 5) is 38.7. The molecule has 1 atom stereocenters. The van der Waals surface area contributed by atoms with Gasteiger partial charge in [-0.15, -0.1) is 0 Å². The lowest BCUT2D eigenvalue weighted by Crippen LogP contribution is -2.39. The Bertz CT molecular complexity index is 870. The Morgan fingerprint density at radius 1 is 1.07 bits per heavy atom. The zero-order chi connectivity index (χ0) is 21.7. The average molecular weight is 409 g/mol. The van der Waals surface area contributed by atoms with Crippen molar-refractivity contribution < 1.29 is 9.59 Å². The van der Waals surface area contributed by atoms with Gasteiger partial charge in [-0.1, -0.05) is 18.2 Å². The molecule has 1 aliphatic rings. The second-order valence-electron chi connectivity index (χ2n) is 7.93. The van der Waals surface area contributed by atoms with Gasteiger partial charge in [-0.25, -0.2) is 9.97 Å². The average Bonchev–Trinajstić information content (AvgIpc) is 2.77. The topological polar surface area (TPSA) is 66.4 Å². The fourth-order valence-corrected chi connectivity index (χ4v) is 4.18. The van der Waals surface area contributed by atoms with Crippen molar-refractivity contribution in [1.29, 1.82) is 0 Å². The molecule has 0 spiro atoms. The number of likely N-dealkylation sites (N-methyl/N-ethyl adjacent to an activating group) is 1. The van der Waals surface area contributed by atoms with E-state index < -0.39 is 0 Å². The summed E-state index contributed by atoms with van der Waals surface area (Å²) in [6.45, 7) is 10.7. The van der Waals surface area contributed by atoms with Crippen LogP contribution in [0.1, 0.15) is 65.7 Å². The number of likely N-dealkylation sites (tertiary alicyclic amines) is 1. The summed E-state index contributed by atoms with van der Waals surface area (Å²) >= 11 is 0. The molecule has 2 amide bonds. The van der Waals surface area contributed by atoms with Crippen LogP contribution in [0, 0.1) is 13.8 Å². The van der Waals surface area contributed by atoms with Gasteiger partial charge in [0.15, 0.2) is 0 Å². The highest BCUT2D eigenvalue weighted by Crippen LogP contribution is 2.27. The van der Waals surface area contributed by atoms with Gasteiger partial charge in [0, 0.05) is 54.6 Å². The van der Waals surface area contributed by atoms with E-state index in [4.69, 9.17) is 9.97 Å². The molecule has 0 saturated carbocycles. The molecule has 3 rings (SSSR count). The number of hydrogen-bond donors (Lipinski definition) is 0. The molecular weight excluding hydrogens is 376 g/mol. The minimum absolute atomic E-state index is 0.0650. The third kappa shape index (κ3) is 4.86. The van der Waals surface area contributed by atoms with Crippen LogP contribution in [0.15, 0.2) is 30.3 Å². The molecule has 160 valence electrons. The molecule has 0 N–H and O–H groups in total. The zero-order valence-corrected chi connectivity index (χ0v) is 18.5. The van der Waals surface area contributed by atoms with E-state index in [1.165, 1.54) is 0 Å². The van der Waals surface area contributed by atoms with E-state index >= 15 is 0 Å². The van der Waals surface area contributed by atoms with Gasteiger partial charge in [0.1, 0.15) is 5.82 Å². The number of aromatic nitrogens is 2. The Morgan fingerprint density at radius 2 is 1.70 bits per heavy atom. The molecule has 2 aromatic rings. The molecule has 1 saturated heterocycles. The number of piperidine rings is 1. The smallest absolute Gasteiger partial charge is 0.253 e. The van der Waals surface area contributed by atoms with Crippen LogP contribution in [-0.2, 0) is 11.2 Å². The van der Waals surface area contributed by atoms with E-state index in [2.05, 4.69) is 0 Å². The van der Waals surface area contributed by atoms with Gasteiger partial charge in [0.2, 0.25) is 5.91 Å². The van der Waals surface area contributed by atoms with E-state index in [0.717, 1.165) is 47.7 Å². The molecule has 0 unspecified atom stereocenters. The molecule has 30 heavy (non-hydrogen) atoms. The van der Waals surface area contributed by atoms with Crippen molar-refractivity contribution in [3.63, 3.8) is 0 Å². The predicted octanol–water partition coefficient (Wildman–Crippen LogP) is 3.52. The Kier molecular flexibility index (Phi) is 7.19. The molecule has 0 radical (unpaired) electrons. The Balaban J connectivity index is 1.76. The lowest BCUT2D eigenvalue weighted by molar-refractivity contribution is -0.130. The maximum Gasteiger partial charge on any atom is 0.253 e. The highest BCUT2D eigenvalue weighted by atomic mass is 16.2. The van der Waals surface area contributed by atoms with Crippen LogP contribution in [0.4, 0.5) is 0 Å². The molecule has 1 aliphatic heterocycles. The monoisotopic (exact) mass is 408 g/mol. The predicted molar refractivity (Wildman–Crippen MR) is 117 cm³/mol. The number of carbonyl (C=O) groups excluding carboxylic acids is 2. The van der Waals surface area contributed by atoms with Gasteiger partial charge in [-0.3, -0.25) is 9.59 Å². The Morgan fingerprint density at radius 3 is 2.30 bits per heavy atom. The van der Waals surface area contributed by atoms with Gasteiger partial charge in [0.25, 0.3) is 5.91 Å². The number of amides is 2. The molecule has 0 aliphatic carbocycles. The molecule has 2 heterocycles. The summed E-state index contributed by atoms with van der Waals surface area (Å²) in [6, 6.07) is 9.42. The standard InChI is InChI=1S/C24H32N4O2/c1-5-27(6-2)22(29)15-21-17(3)25-23(26-18(21)4)20-13-10-14-28(16-20)24(30)19-11-8-7-9-12-19/h7-9,11-12,20H,5-6,10,13-16H2,1-4H3/t20-/m0/s1. The number of rotatable bonds is 6. The summed E-state index contributed by atoms with van der Waals surface area (Å²) in [5.41, 5.74) is 3.37. The van der Waals surface area contributed by atoms with E-state index in [-0.39, 0.29) is 17.7 Å². The Labute approximate surface area is 179 Å². The van der Waals surface area contributed by atoms with Crippen LogP contribution in [0.25, 0.3) is 0 Å². The van der Waals surface area contributed by atoms with E-state index in [1.54, 1.807) is 0 Å². The number of aryl methyl sites for hydroxylation is 2. The molecule has 6 nitrogen and oxygen atoms in total. The third-order valence-electron chi connectivity index (χ3n) is 5.98. The lowest BCUT2D eigenvalue weighted by Gasteiger charge is -2.32. The van der Waals surface area contributed by atoms with E-state index in [9.17, 15) is 9.59 Å². The van der Waals surface area contributed by atoms with Crippen LogP contribution >= 0.6 is 0 Å². The van der Waals surface area contributed by atoms with Crippen molar-refractivity contribution in [2.24, 2.45) is 0 Å². The quantitative estimate of drug-likeness (QED) is 0.733. The lowest BCUT2D eigenvalue weighted by atomic mass is 9.95. The van der Waals surface area contributed by atoms with Gasteiger partial charge in [-0.2, -0.15) is 0 Å². The van der Waals surface area contributed by atoms with Gasteiger partial charge >= 0.3 is 0 Å². The first-order chi connectivity index (χ1) is 14.4. The summed E-state index contributed by atoms with van der Waals surface area (Å²) in [6.07, 6.45) is 2.24. The minimum atomic E-state index is 0.0650. The van der Waals surface area contributed by atoms with Gasteiger partial charge < -0.3 is 9.80 Å². The number of hydrogen-bond acceptors (Lipinski definition) is 4. The normalized spacial score (nSPS) is 16.4. The van der Waals surface area contributed by atoms with E-state index in [1.807, 2.05) is 67.8 Å². The molecule has 1 fully saturated rings. The number of nitrogens with zero attached hydrogens (tertiary/aromatic N) is 4. The highest BCUT2D eigenvalue weighted by Gasteiger charge is 2.28. The van der Waals surface area contributed by atoms with E-state index in [0.29, 0.717) is 26.1 Å². The van der Waals surface area contributed by atoms with Crippen molar-refractivity contribution in [2.75, 3.05) is 26.2 Å².